The van der Waals surface area contributed by atoms with Gasteiger partial charge in [-0.3, -0.25) is 9.59 Å². The Labute approximate surface area is 278 Å². The standard InChI is InChI=1S/C36H36N6O6/c1-5-7-23-19-27(41-39-25-9-13-29(47-3)14-10-25)21-31(33(23)43)35(45)37-17-18-38-36(46)32-22-28(20-24(8-6-2)34(32)44)42-40-26-11-15-30(48-4)16-12-26/h5-6,9-16,19-22,43-44H,1-2,7-8,17-18H2,3-4H3,(H,37,45)(H,38,46). The maximum atomic E-state index is 13.1. The maximum Gasteiger partial charge on any atom is 0.255 e. The van der Waals surface area contributed by atoms with E-state index in [2.05, 4.69) is 44.2 Å². The summed E-state index contributed by atoms with van der Waals surface area (Å²) in [5.74, 6) is -0.217. The number of nitrogens with zero attached hydrogens (tertiary/aromatic N) is 4. The lowest BCUT2D eigenvalue weighted by Crippen LogP contribution is -2.34. The Balaban J connectivity index is 1.43. The first-order valence-corrected chi connectivity index (χ1v) is 14.9. The fourth-order valence-electron chi connectivity index (χ4n) is 4.51. The Kier molecular flexibility index (Phi) is 12.1. The highest BCUT2D eigenvalue weighted by Gasteiger charge is 2.18. The molecule has 0 aliphatic rings. The van der Waals surface area contributed by atoms with Gasteiger partial charge in [-0.2, -0.15) is 20.5 Å². The minimum atomic E-state index is -0.578. The molecule has 0 aliphatic heterocycles. The molecule has 0 atom stereocenters. The maximum absolute atomic E-state index is 13.1. The average molecular weight is 649 g/mol. The molecule has 0 heterocycles. The molecular weight excluding hydrogens is 612 g/mol. The summed E-state index contributed by atoms with van der Waals surface area (Å²) in [6.07, 6.45) is 3.79. The Morgan fingerprint density at radius 1 is 0.625 bits per heavy atom. The van der Waals surface area contributed by atoms with Crippen LogP contribution in [0.25, 0.3) is 0 Å². The summed E-state index contributed by atoms with van der Waals surface area (Å²) in [4.78, 5) is 26.2. The first kappa shape index (κ1) is 34.6. The number of phenolic OH excluding ortho intramolecular Hbond substituents is 2. The van der Waals surface area contributed by atoms with E-state index in [0.29, 0.717) is 58.2 Å². The van der Waals surface area contributed by atoms with Crippen molar-refractivity contribution in [2.75, 3.05) is 27.3 Å². The van der Waals surface area contributed by atoms with Crippen LogP contribution in [0.3, 0.4) is 0 Å². The van der Waals surface area contributed by atoms with Crippen LogP contribution in [0.2, 0.25) is 0 Å². The number of benzene rings is 4. The number of carbonyl (C=O) groups excluding carboxylic acids is 2. The number of rotatable bonds is 15. The van der Waals surface area contributed by atoms with E-state index in [4.69, 9.17) is 9.47 Å². The monoisotopic (exact) mass is 648 g/mol. The Bertz CT molecular complexity index is 1700. The Morgan fingerprint density at radius 2 is 0.979 bits per heavy atom. The van der Waals surface area contributed by atoms with Crippen LogP contribution in [0.1, 0.15) is 31.8 Å². The van der Waals surface area contributed by atoms with Gasteiger partial charge in [-0.25, -0.2) is 0 Å². The van der Waals surface area contributed by atoms with Crippen LogP contribution in [0, 0.1) is 0 Å². The molecule has 4 N–H and O–H groups in total. The quantitative estimate of drug-likeness (QED) is 0.0589. The number of amides is 2. The number of ether oxygens (including phenoxy) is 2. The van der Waals surface area contributed by atoms with Crippen LogP contribution in [0.4, 0.5) is 22.7 Å². The van der Waals surface area contributed by atoms with Gasteiger partial charge in [-0.05, 0) is 85.6 Å². The van der Waals surface area contributed by atoms with E-state index in [1.165, 1.54) is 12.1 Å². The van der Waals surface area contributed by atoms with Crippen molar-refractivity contribution in [2.45, 2.75) is 12.8 Å². The molecule has 0 aromatic heterocycles. The number of hydrogen-bond acceptors (Lipinski definition) is 10. The molecule has 12 heteroatoms. The molecule has 0 spiro atoms. The minimum Gasteiger partial charge on any atom is -0.507 e. The third-order valence-electron chi connectivity index (χ3n) is 6.97. The molecule has 4 aromatic rings. The summed E-state index contributed by atoms with van der Waals surface area (Å²) in [7, 11) is 3.14. The predicted octanol–water partition coefficient (Wildman–Crippen LogP) is 7.56. The van der Waals surface area contributed by atoms with E-state index in [9.17, 15) is 19.8 Å². The topological polar surface area (TPSA) is 167 Å². The van der Waals surface area contributed by atoms with Crippen molar-refractivity contribution in [1.29, 1.82) is 0 Å². The van der Waals surface area contributed by atoms with Gasteiger partial charge in [0.1, 0.15) is 23.0 Å². The SMILES string of the molecule is C=CCc1cc(N=Nc2ccc(OC)cc2)cc(C(=O)NCCNC(=O)c2cc(N=Nc3ccc(OC)cc3)cc(CC=C)c2O)c1O. The lowest BCUT2D eigenvalue weighted by Gasteiger charge is -2.13. The molecule has 246 valence electrons. The lowest BCUT2D eigenvalue weighted by atomic mass is 10.0. The van der Waals surface area contributed by atoms with Gasteiger partial charge < -0.3 is 30.3 Å². The van der Waals surface area contributed by atoms with Crippen molar-refractivity contribution in [3.05, 3.63) is 120 Å². The molecule has 0 radical (unpaired) electrons. The van der Waals surface area contributed by atoms with Gasteiger partial charge in [0.15, 0.2) is 0 Å². The molecular formula is C36H36N6O6. The van der Waals surface area contributed by atoms with Crippen LogP contribution in [-0.2, 0) is 12.8 Å². The third-order valence-corrected chi connectivity index (χ3v) is 6.97. The van der Waals surface area contributed by atoms with Crippen molar-refractivity contribution in [3.8, 4) is 23.0 Å². The molecule has 0 unspecified atom stereocenters. The van der Waals surface area contributed by atoms with Crippen molar-refractivity contribution >= 4 is 34.6 Å². The number of hydrogen-bond donors (Lipinski definition) is 4. The first-order chi connectivity index (χ1) is 23.3. The number of carbonyl (C=O) groups is 2. The van der Waals surface area contributed by atoms with Gasteiger partial charge in [0.2, 0.25) is 0 Å². The molecule has 0 bridgehead atoms. The highest BCUT2D eigenvalue weighted by molar-refractivity contribution is 5.99. The summed E-state index contributed by atoms with van der Waals surface area (Å²) in [5.41, 5.74) is 2.74. The van der Waals surface area contributed by atoms with Crippen molar-refractivity contribution in [2.24, 2.45) is 20.5 Å². The van der Waals surface area contributed by atoms with Crippen LogP contribution in [-0.4, -0.2) is 49.3 Å². The molecule has 0 saturated heterocycles. The Morgan fingerprint density at radius 3 is 1.31 bits per heavy atom. The summed E-state index contributed by atoms with van der Waals surface area (Å²) in [6, 6.07) is 20.0. The van der Waals surface area contributed by atoms with Gasteiger partial charge in [0, 0.05) is 24.2 Å². The molecule has 0 fully saturated rings. The zero-order valence-electron chi connectivity index (χ0n) is 26.6. The van der Waals surface area contributed by atoms with Crippen LogP contribution in [0.5, 0.6) is 23.0 Å². The van der Waals surface area contributed by atoms with Crippen LogP contribution < -0.4 is 20.1 Å². The second-order valence-corrected chi connectivity index (χ2v) is 10.3. The molecule has 48 heavy (non-hydrogen) atoms. The summed E-state index contributed by atoms with van der Waals surface area (Å²) < 4.78 is 10.3. The summed E-state index contributed by atoms with van der Waals surface area (Å²) in [5, 5.41) is 43.9. The van der Waals surface area contributed by atoms with Gasteiger partial charge in [0.25, 0.3) is 11.8 Å². The fourth-order valence-corrected chi connectivity index (χ4v) is 4.51. The van der Waals surface area contributed by atoms with Gasteiger partial charge >= 0.3 is 0 Å². The zero-order valence-corrected chi connectivity index (χ0v) is 26.6. The molecule has 4 aromatic carbocycles. The fraction of sp³-hybridized carbons (Fsp3) is 0.167. The van der Waals surface area contributed by atoms with Crippen LogP contribution in [0.15, 0.2) is 119 Å². The normalized spacial score (nSPS) is 11.0. The number of methoxy groups -OCH3 is 2. The van der Waals surface area contributed by atoms with E-state index in [1.807, 2.05) is 0 Å². The van der Waals surface area contributed by atoms with Gasteiger partial charge in [0.05, 0.1) is 48.1 Å². The Hall–Kier alpha value is -6.30. The molecule has 0 saturated carbocycles. The molecule has 0 aliphatic carbocycles. The van der Waals surface area contributed by atoms with Crippen LogP contribution >= 0.6 is 0 Å². The van der Waals surface area contributed by atoms with Crippen molar-refractivity contribution < 1.29 is 29.3 Å². The summed E-state index contributed by atoms with van der Waals surface area (Å²) in [6.45, 7) is 7.48. The van der Waals surface area contributed by atoms with Crippen molar-refractivity contribution in [3.63, 3.8) is 0 Å². The second-order valence-electron chi connectivity index (χ2n) is 10.3. The first-order valence-electron chi connectivity index (χ1n) is 14.9. The second kappa shape index (κ2) is 16.9. The average Bonchev–Trinajstić information content (AvgIpc) is 3.10. The van der Waals surface area contributed by atoms with Crippen molar-refractivity contribution in [1.82, 2.24) is 10.6 Å². The minimum absolute atomic E-state index is 0.00834. The number of nitrogens with one attached hydrogen (secondary N) is 2. The zero-order chi connectivity index (χ0) is 34.5. The number of allylic oxidation sites excluding steroid dienone is 2. The molecule has 2 amide bonds. The highest BCUT2D eigenvalue weighted by atomic mass is 16.5. The van der Waals surface area contributed by atoms with E-state index in [-0.39, 0.29) is 35.7 Å². The molecule has 4 rings (SSSR count). The van der Waals surface area contributed by atoms with E-state index < -0.39 is 11.8 Å². The van der Waals surface area contributed by atoms with Gasteiger partial charge in [-0.15, -0.1) is 13.2 Å². The third kappa shape index (κ3) is 9.13. The number of phenols is 2. The number of aromatic hydroxyl groups is 2. The van der Waals surface area contributed by atoms with E-state index in [1.54, 1.807) is 87.0 Å². The predicted molar refractivity (Wildman–Crippen MR) is 183 cm³/mol. The van der Waals surface area contributed by atoms with Gasteiger partial charge in [-0.1, -0.05) is 12.2 Å². The summed E-state index contributed by atoms with van der Waals surface area (Å²) >= 11 is 0. The molecule has 12 nitrogen and oxygen atoms in total. The highest BCUT2D eigenvalue weighted by Crippen LogP contribution is 2.32. The number of azo groups is 2. The largest absolute Gasteiger partial charge is 0.507 e. The smallest absolute Gasteiger partial charge is 0.255 e. The van der Waals surface area contributed by atoms with E-state index in [0.717, 1.165) is 0 Å². The van der Waals surface area contributed by atoms with E-state index >= 15 is 0 Å². The lowest BCUT2D eigenvalue weighted by molar-refractivity contribution is 0.0924.